The normalized spacial score (nSPS) is 22.2. The summed E-state index contributed by atoms with van der Waals surface area (Å²) in [6, 6.07) is 2.02. The van der Waals surface area contributed by atoms with Crippen LogP contribution in [0.4, 0.5) is 8.78 Å². The Morgan fingerprint density at radius 2 is 2.21 bits per heavy atom. The topological polar surface area (TPSA) is 40.5 Å². The zero-order chi connectivity index (χ0) is 14.0. The average Bonchev–Trinajstić information content (AvgIpc) is 2.32. The van der Waals surface area contributed by atoms with E-state index in [0.717, 1.165) is 25.0 Å². The highest BCUT2D eigenvalue weighted by Crippen LogP contribution is 2.29. The molecule has 1 aromatic carbocycles. The third-order valence-corrected chi connectivity index (χ3v) is 3.54. The molecule has 0 amide bonds. The molecule has 0 bridgehead atoms. The maximum atomic E-state index is 13.8. The molecule has 104 valence electrons. The van der Waals surface area contributed by atoms with Crippen molar-refractivity contribution in [3.63, 3.8) is 0 Å². The van der Waals surface area contributed by atoms with Crippen LogP contribution in [0.2, 0.25) is 0 Å². The molecular formula is C14H17F2NO2. The van der Waals surface area contributed by atoms with Gasteiger partial charge in [-0.1, -0.05) is 13.0 Å². The van der Waals surface area contributed by atoms with Crippen molar-refractivity contribution in [1.29, 1.82) is 0 Å². The van der Waals surface area contributed by atoms with Gasteiger partial charge in [0.05, 0.1) is 0 Å². The van der Waals surface area contributed by atoms with Gasteiger partial charge in [-0.15, -0.1) is 0 Å². The van der Waals surface area contributed by atoms with Gasteiger partial charge in [0.1, 0.15) is 17.7 Å². The largest absolute Gasteiger partial charge is 0.480 e. The zero-order valence-electron chi connectivity index (χ0n) is 10.8. The monoisotopic (exact) mass is 269 g/mol. The minimum Gasteiger partial charge on any atom is -0.480 e. The van der Waals surface area contributed by atoms with E-state index in [-0.39, 0.29) is 5.56 Å². The third-order valence-electron chi connectivity index (χ3n) is 3.54. The molecular weight excluding hydrogens is 252 g/mol. The van der Waals surface area contributed by atoms with Crippen LogP contribution in [0.25, 0.3) is 0 Å². The number of hydrogen-bond acceptors (Lipinski definition) is 2. The van der Waals surface area contributed by atoms with E-state index in [9.17, 15) is 18.7 Å². The number of carbonyl (C=O) groups is 1. The van der Waals surface area contributed by atoms with E-state index in [1.54, 1.807) is 4.90 Å². The average molecular weight is 269 g/mol. The van der Waals surface area contributed by atoms with Crippen LogP contribution in [0, 0.1) is 17.6 Å². The Morgan fingerprint density at radius 1 is 1.47 bits per heavy atom. The van der Waals surface area contributed by atoms with Crippen LogP contribution in [0.3, 0.4) is 0 Å². The highest BCUT2D eigenvalue weighted by Gasteiger charge is 2.32. The number of hydrogen-bond donors (Lipinski definition) is 1. The van der Waals surface area contributed by atoms with Crippen molar-refractivity contribution < 1.29 is 18.7 Å². The Kier molecular flexibility index (Phi) is 4.14. The second kappa shape index (κ2) is 5.65. The fraction of sp³-hybridized carbons (Fsp3) is 0.500. The van der Waals surface area contributed by atoms with E-state index in [4.69, 9.17) is 0 Å². The molecule has 1 N–H and O–H groups in total. The molecule has 2 unspecified atom stereocenters. The van der Waals surface area contributed by atoms with Crippen molar-refractivity contribution in [3.05, 3.63) is 35.4 Å². The van der Waals surface area contributed by atoms with E-state index >= 15 is 0 Å². The van der Waals surface area contributed by atoms with Crippen LogP contribution < -0.4 is 0 Å². The van der Waals surface area contributed by atoms with Gasteiger partial charge in [0.15, 0.2) is 0 Å². The summed E-state index contributed by atoms with van der Waals surface area (Å²) in [4.78, 5) is 13.2. The van der Waals surface area contributed by atoms with Gasteiger partial charge in [-0.25, -0.2) is 8.78 Å². The highest BCUT2D eigenvalue weighted by atomic mass is 19.1. The predicted molar refractivity (Wildman–Crippen MR) is 66.7 cm³/mol. The number of likely N-dealkylation sites (tertiary alicyclic amines) is 1. The molecule has 0 saturated carbocycles. The maximum absolute atomic E-state index is 13.8. The van der Waals surface area contributed by atoms with E-state index < -0.39 is 23.6 Å². The molecule has 1 aliphatic heterocycles. The molecule has 0 aliphatic carbocycles. The van der Waals surface area contributed by atoms with Gasteiger partial charge in [0.25, 0.3) is 0 Å². The first-order valence-corrected chi connectivity index (χ1v) is 6.41. The number of carboxylic acids is 1. The van der Waals surface area contributed by atoms with E-state index in [0.29, 0.717) is 19.0 Å². The number of nitrogens with zero attached hydrogens (tertiary/aromatic N) is 1. The van der Waals surface area contributed by atoms with Crippen LogP contribution in [0.1, 0.15) is 31.4 Å². The number of rotatable bonds is 3. The molecule has 5 heteroatoms. The Morgan fingerprint density at radius 3 is 2.79 bits per heavy atom. The van der Waals surface area contributed by atoms with Gasteiger partial charge in [0, 0.05) is 18.2 Å². The van der Waals surface area contributed by atoms with Crippen molar-refractivity contribution in [3.8, 4) is 0 Å². The van der Waals surface area contributed by atoms with E-state index in [2.05, 4.69) is 0 Å². The van der Waals surface area contributed by atoms with Crippen molar-refractivity contribution >= 4 is 5.97 Å². The van der Waals surface area contributed by atoms with Gasteiger partial charge in [0.2, 0.25) is 0 Å². The Bertz CT molecular complexity index is 479. The number of benzene rings is 1. The van der Waals surface area contributed by atoms with Crippen molar-refractivity contribution in [2.24, 2.45) is 5.92 Å². The smallest absolute Gasteiger partial charge is 0.325 e. The lowest BCUT2D eigenvalue weighted by molar-refractivity contribution is -0.144. The lowest BCUT2D eigenvalue weighted by atomic mass is 9.96. The van der Waals surface area contributed by atoms with Crippen molar-refractivity contribution in [2.75, 3.05) is 13.1 Å². The fourth-order valence-electron chi connectivity index (χ4n) is 2.67. The second-order valence-electron chi connectivity index (χ2n) is 5.15. The molecule has 2 atom stereocenters. The molecule has 1 heterocycles. The van der Waals surface area contributed by atoms with Crippen LogP contribution in [-0.2, 0) is 4.79 Å². The summed E-state index contributed by atoms with van der Waals surface area (Å²) in [7, 11) is 0. The summed E-state index contributed by atoms with van der Waals surface area (Å²) in [6.07, 6.45) is 1.95. The summed E-state index contributed by atoms with van der Waals surface area (Å²) >= 11 is 0. The molecule has 1 fully saturated rings. The molecule has 1 aliphatic rings. The second-order valence-corrected chi connectivity index (χ2v) is 5.15. The lowest BCUT2D eigenvalue weighted by Crippen LogP contribution is -2.41. The first kappa shape index (κ1) is 13.9. The van der Waals surface area contributed by atoms with Crippen molar-refractivity contribution in [2.45, 2.75) is 25.8 Å². The molecule has 0 spiro atoms. The number of carboxylic acid groups (broad SMARTS) is 1. The van der Waals surface area contributed by atoms with Gasteiger partial charge < -0.3 is 5.11 Å². The Labute approximate surface area is 110 Å². The van der Waals surface area contributed by atoms with Crippen molar-refractivity contribution in [1.82, 2.24) is 4.90 Å². The molecule has 3 nitrogen and oxygen atoms in total. The Hall–Kier alpha value is -1.49. The van der Waals surface area contributed by atoms with Gasteiger partial charge in [-0.2, -0.15) is 0 Å². The first-order valence-electron chi connectivity index (χ1n) is 6.41. The minimum absolute atomic E-state index is 0.0306. The molecule has 19 heavy (non-hydrogen) atoms. The molecule has 0 aromatic heterocycles. The quantitative estimate of drug-likeness (QED) is 0.917. The number of halogens is 2. The van der Waals surface area contributed by atoms with Crippen LogP contribution in [0.15, 0.2) is 18.2 Å². The third kappa shape index (κ3) is 3.10. The standard InChI is InChI=1S/C14H17F2NO2/c1-9-3-2-6-17(8-9)13(14(18)19)11-5-4-10(15)7-12(11)16/h4-5,7,9,13H,2-3,6,8H2,1H3,(H,18,19). The molecule has 1 aromatic rings. The van der Waals surface area contributed by atoms with Gasteiger partial charge >= 0.3 is 5.97 Å². The first-order chi connectivity index (χ1) is 8.99. The summed E-state index contributed by atoms with van der Waals surface area (Å²) in [6.45, 7) is 3.29. The fourth-order valence-corrected chi connectivity index (χ4v) is 2.67. The van der Waals surface area contributed by atoms with E-state index in [1.165, 1.54) is 6.07 Å². The van der Waals surface area contributed by atoms with Crippen LogP contribution >= 0.6 is 0 Å². The summed E-state index contributed by atoms with van der Waals surface area (Å²) in [5.41, 5.74) is 0.0306. The Balaban J connectivity index is 2.31. The zero-order valence-corrected chi connectivity index (χ0v) is 10.8. The summed E-state index contributed by atoms with van der Waals surface area (Å²) in [5.74, 6) is -2.21. The van der Waals surface area contributed by atoms with Gasteiger partial charge in [-0.3, -0.25) is 9.69 Å². The molecule has 0 radical (unpaired) electrons. The summed E-state index contributed by atoms with van der Waals surface area (Å²) in [5, 5.41) is 9.36. The van der Waals surface area contributed by atoms with Gasteiger partial charge in [-0.05, 0) is 31.4 Å². The van der Waals surface area contributed by atoms with Crippen LogP contribution in [0.5, 0.6) is 0 Å². The number of piperidine rings is 1. The van der Waals surface area contributed by atoms with Crippen LogP contribution in [-0.4, -0.2) is 29.1 Å². The molecule has 2 rings (SSSR count). The highest BCUT2D eigenvalue weighted by molar-refractivity contribution is 5.75. The summed E-state index contributed by atoms with van der Waals surface area (Å²) < 4.78 is 26.7. The SMILES string of the molecule is CC1CCCN(C(C(=O)O)c2ccc(F)cc2F)C1. The lowest BCUT2D eigenvalue weighted by Gasteiger charge is -2.35. The van der Waals surface area contributed by atoms with E-state index in [1.807, 2.05) is 6.92 Å². The maximum Gasteiger partial charge on any atom is 0.325 e. The minimum atomic E-state index is -1.10. The number of aliphatic carboxylic acids is 1. The molecule has 1 saturated heterocycles. The predicted octanol–water partition coefficient (Wildman–Crippen LogP) is 2.82.